The molecule has 0 amide bonds. The third kappa shape index (κ3) is 14.0. The van der Waals surface area contributed by atoms with Crippen molar-refractivity contribution in [3.63, 3.8) is 0 Å². The van der Waals surface area contributed by atoms with E-state index in [1.165, 1.54) is 43.9 Å². The summed E-state index contributed by atoms with van der Waals surface area (Å²) < 4.78 is 44.5. The highest BCUT2D eigenvalue weighted by Crippen LogP contribution is 2.24. The van der Waals surface area contributed by atoms with Crippen LogP contribution in [-0.4, -0.2) is 49.0 Å². The van der Waals surface area contributed by atoms with Crippen LogP contribution in [0.15, 0.2) is 69.6 Å². The summed E-state index contributed by atoms with van der Waals surface area (Å²) in [5.74, 6) is -1.44. The van der Waals surface area contributed by atoms with Gasteiger partial charge in [-0.15, -0.1) is 0 Å². The molecule has 0 saturated heterocycles. The summed E-state index contributed by atoms with van der Waals surface area (Å²) in [5, 5.41) is 14.6. The SMILES string of the molecule is C=N/C(=N\C(=NCc1ccc(C)cc1)NCC(F)(F)F)Nc1ccc(C(=O)O)c(OCCC/C=C/CCCCCC)c1. The molecule has 0 aromatic heterocycles. The molecule has 0 bridgehead atoms. The molecule has 42 heavy (non-hydrogen) atoms. The number of allylic oxidation sites excluding steroid dienone is 2. The largest absolute Gasteiger partial charge is 0.493 e. The Kier molecular flexibility index (Phi) is 14.9. The second kappa shape index (κ2) is 18.3. The summed E-state index contributed by atoms with van der Waals surface area (Å²) in [6.07, 6.45) is 7.18. The van der Waals surface area contributed by atoms with Crippen molar-refractivity contribution in [2.45, 2.75) is 71.5 Å². The number of guanidine groups is 2. The number of aryl methyl sites for hydroxylation is 1. The van der Waals surface area contributed by atoms with Crippen LogP contribution < -0.4 is 15.4 Å². The van der Waals surface area contributed by atoms with E-state index in [9.17, 15) is 23.1 Å². The minimum atomic E-state index is -4.49. The van der Waals surface area contributed by atoms with E-state index in [-0.39, 0.29) is 29.8 Å². The molecule has 8 nitrogen and oxygen atoms in total. The molecule has 2 aromatic rings. The minimum Gasteiger partial charge on any atom is -0.493 e. The molecular weight excluding hydrogens is 547 g/mol. The first-order valence-electron chi connectivity index (χ1n) is 14.0. The number of nitrogens with one attached hydrogen (secondary N) is 2. The van der Waals surface area contributed by atoms with Crippen molar-refractivity contribution in [2.24, 2.45) is 15.0 Å². The Morgan fingerprint density at radius 3 is 2.38 bits per heavy atom. The molecule has 0 aliphatic carbocycles. The quantitative estimate of drug-likeness (QED) is 0.0863. The lowest BCUT2D eigenvalue weighted by molar-refractivity contribution is -0.122. The molecule has 2 aromatic carbocycles. The third-order valence-corrected chi connectivity index (χ3v) is 5.97. The molecule has 0 fully saturated rings. The van der Waals surface area contributed by atoms with E-state index in [2.05, 4.69) is 51.4 Å². The number of ether oxygens (including phenoxy) is 1. The molecule has 0 aliphatic rings. The molecule has 0 atom stereocenters. The van der Waals surface area contributed by atoms with E-state index in [1.54, 1.807) is 0 Å². The number of nitrogens with zero attached hydrogens (tertiary/aromatic N) is 3. The van der Waals surface area contributed by atoms with E-state index < -0.39 is 18.7 Å². The normalized spacial score (nSPS) is 12.4. The lowest BCUT2D eigenvalue weighted by atomic mass is 10.1. The van der Waals surface area contributed by atoms with E-state index in [0.717, 1.165) is 24.0 Å². The fourth-order valence-corrected chi connectivity index (χ4v) is 3.71. The Hall–Kier alpha value is -4.15. The lowest BCUT2D eigenvalue weighted by Gasteiger charge is -2.13. The van der Waals surface area contributed by atoms with Crippen LogP contribution in [0.25, 0.3) is 0 Å². The van der Waals surface area contributed by atoms with Crippen molar-refractivity contribution in [3.8, 4) is 5.75 Å². The number of anilines is 1. The van der Waals surface area contributed by atoms with Crippen LogP contribution >= 0.6 is 0 Å². The molecule has 0 saturated carbocycles. The number of alkyl halides is 3. The van der Waals surface area contributed by atoms with Crippen LogP contribution in [0.4, 0.5) is 18.9 Å². The van der Waals surface area contributed by atoms with Gasteiger partial charge in [-0.3, -0.25) is 0 Å². The fraction of sp³-hybridized carbons (Fsp3) is 0.419. The Labute approximate surface area is 245 Å². The zero-order valence-corrected chi connectivity index (χ0v) is 24.2. The van der Waals surface area contributed by atoms with Gasteiger partial charge < -0.3 is 20.5 Å². The van der Waals surface area contributed by atoms with Crippen LogP contribution in [0, 0.1) is 6.92 Å². The first kappa shape index (κ1) is 34.1. The summed E-state index contributed by atoms with van der Waals surface area (Å²) >= 11 is 0. The lowest BCUT2D eigenvalue weighted by Crippen LogP contribution is -2.34. The zero-order valence-electron chi connectivity index (χ0n) is 24.2. The highest BCUT2D eigenvalue weighted by atomic mass is 19.4. The van der Waals surface area contributed by atoms with Crippen LogP contribution in [0.5, 0.6) is 5.75 Å². The van der Waals surface area contributed by atoms with E-state index in [0.29, 0.717) is 18.7 Å². The molecule has 0 unspecified atom stereocenters. The monoisotopic (exact) mass is 587 g/mol. The van der Waals surface area contributed by atoms with Gasteiger partial charge in [-0.25, -0.2) is 14.8 Å². The van der Waals surface area contributed by atoms with Gasteiger partial charge in [0.1, 0.15) is 17.9 Å². The Morgan fingerprint density at radius 1 is 1.02 bits per heavy atom. The van der Waals surface area contributed by atoms with Crippen molar-refractivity contribution < 1.29 is 27.8 Å². The second-order valence-electron chi connectivity index (χ2n) is 9.64. The molecule has 0 aliphatic heterocycles. The zero-order chi connectivity index (χ0) is 30.8. The first-order chi connectivity index (χ1) is 20.1. The molecule has 11 heteroatoms. The number of halogens is 3. The highest BCUT2D eigenvalue weighted by Gasteiger charge is 2.27. The van der Waals surface area contributed by atoms with Gasteiger partial charge >= 0.3 is 12.1 Å². The van der Waals surface area contributed by atoms with Crippen LogP contribution in [0.2, 0.25) is 0 Å². The number of carboxylic acids is 1. The second-order valence-corrected chi connectivity index (χ2v) is 9.64. The van der Waals surface area contributed by atoms with Crippen molar-refractivity contribution in [1.29, 1.82) is 0 Å². The van der Waals surface area contributed by atoms with Gasteiger partial charge in [-0.1, -0.05) is 68.2 Å². The average Bonchev–Trinajstić information content (AvgIpc) is 2.95. The Bertz CT molecular complexity index is 1230. The van der Waals surface area contributed by atoms with Gasteiger partial charge in [-0.05, 0) is 57.0 Å². The van der Waals surface area contributed by atoms with Gasteiger partial charge in [0.05, 0.1) is 13.2 Å². The van der Waals surface area contributed by atoms with Gasteiger partial charge in [0, 0.05) is 11.8 Å². The van der Waals surface area contributed by atoms with Crippen molar-refractivity contribution in [1.82, 2.24) is 5.32 Å². The maximum Gasteiger partial charge on any atom is 0.405 e. The molecule has 0 heterocycles. The Balaban J connectivity index is 2.11. The maximum atomic E-state index is 12.9. The average molecular weight is 588 g/mol. The summed E-state index contributed by atoms with van der Waals surface area (Å²) in [4.78, 5) is 23.8. The predicted octanol–water partition coefficient (Wildman–Crippen LogP) is 7.56. The van der Waals surface area contributed by atoms with Crippen LogP contribution in [0.1, 0.15) is 73.4 Å². The number of hydrogen-bond donors (Lipinski definition) is 3. The minimum absolute atomic E-state index is 0.0238. The van der Waals surface area contributed by atoms with Gasteiger partial charge in [-0.2, -0.15) is 18.2 Å². The molecule has 0 radical (unpaired) electrons. The molecule has 3 N–H and O–H groups in total. The number of hydrogen-bond acceptors (Lipinski definition) is 3. The third-order valence-electron chi connectivity index (χ3n) is 5.97. The summed E-state index contributed by atoms with van der Waals surface area (Å²) in [7, 11) is 0. The molecule has 2 rings (SSSR count). The number of carbonyl (C=O) groups is 1. The predicted molar refractivity (Wildman–Crippen MR) is 163 cm³/mol. The number of benzene rings is 2. The number of rotatable bonds is 15. The standard InChI is InChI=1S/C31H40F3N5O3/c1-4-5-6-7-8-9-10-11-12-19-42-27-20-25(17-18-26(27)28(40)41)38-29(35-3)39-30(37-22-31(32,33)34)36-21-24-15-13-23(2)14-16-24/h9-10,13-18,20H,3-8,11-12,19,21-22H2,1-2H3,(H,40,41)(H2,36,37,38,39)/b10-9+. The van der Waals surface area contributed by atoms with E-state index in [1.807, 2.05) is 31.2 Å². The van der Waals surface area contributed by atoms with Crippen molar-refractivity contribution >= 4 is 30.3 Å². The van der Waals surface area contributed by atoms with Gasteiger partial charge in [0.25, 0.3) is 0 Å². The van der Waals surface area contributed by atoms with Crippen molar-refractivity contribution in [2.75, 3.05) is 18.5 Å². The van der Waals surface area contributed by atoms with Gasteiger partial charge in [0.15, 0.2) is 0 Å². The topological polar surface area (TPSA) is 108 Å². The first-order valence-corrected chi connectivity index (χ1v) is 14.0. The Morgan fingerprint density at radius 2 is 1.74 bits per heavy atom. The molecular formula is C31H40F3N5O3. The molecule has 0 spiro atoms. The number of unbranched alkanes of at least 4 members (excludes halogenated alkanes) is 5. The molecule has 228 valence electrons. The smallest absolute Gasteiger partial charge is 0.405 e. The van der Waals surface area contributed by atoms with E-state index in [4.69, 9.17) is 4.74 Å². The number of aliphatic imine (C=N–C) groups is 3. The van der Waals surface area contributed by atoms with Gasteiger partial charge in [0.2, 0.25) is 11.9 Å². The summed E-state index contributed by atoms with van der Waals surface area (Å²) in [6, 6.07) is 11.7. The van der Waals surface area contributed by atoms with E-state index >= 15 is 0 Å². The highest BCUT2D eigenvalue weighted by molar-refractivity contribution is 6.04. The van der Waals surface area contributed by atoms with Crippen LogP contribution in [0.3, 0.4) is 0 Å². The maximum absolute atomic E-state index is 12.9. The van der Waals surface area contributed by atoms with Crippen molar-refractivity contribution in [3.05, 3.63) is 71.3 Å². The number of carboxylic acid groups (broad SMARTS) is 1. The fourth-order valence-electron chi connectivity index (χ4n) is 3.71. The number of aromatic carboxylic acids is 1. The van der Waals surface area contributed by atoms with Crippen LogP contribution in [-0.2, 0) is 6.54 Å². The summed E-state index contributed by atoms with van der Waals surface area (Å²) in [5.41, 5.74) is 2.17. The summed E-state index contributed by atoms with van der Waals surface area (Å²) in [6.45, 7) is 6.61.